The van der Waals surface area contributed by atoms with Crippen LogP contribution in [0.2, 0.25) is 5.02 Å². The molecule has 0 atom stereocenters. The molecule has 0 fully saturated rings. The van der Waals surface area contributed by atoms with Gasteiger partial charge in [-0.05, 0) is 61.0 Å². The van der Waals surface area contributed by atoms with Crippen molar-refractivity contribution in [3.63, 3.8) is 0 Å². The van der Waals surface area contributed by atoms with Gasteiger partial charge in [-0.2, -0.15) is 0 Å². The van der Waals surface area contributed by atoms with Crippen LogP contribution in [0.4, 0.5) is 0 Å². The quantitative estimate of drug-likeness (QED) is 0.297. The van der Waals surface area contributed by atoms with Crippen molar-refractivity contribution in [1.82, 2.24) is 25.8 Å². The molecule has 0 radical (unpaired) electrons. The number of nitrogens with zero attached hydrogens (tertiary/aromatic N) is 2. The first kappa shape index (κ1) is 25.3. The molecule has 0 saturated heterocycles. The van der Waals surface area contributed by atoms with Gasteiger partial charge in [0, 0.05) is 57.0 Å². The first-order valence-electron chi connectivity index (χ1n) is 11.7. The molecule has 0 aliphatic rings. The van der Waals surface area contributed by atoms with E-state index < -0.39 is 0 Å². The topological polar surface area (TPSA) is 52.2 Å². The lowest BCUT2D eigenvalue weighted by Gasteiger charge is -2.22. The number of rotatable bonds is 15. The van der Waals surface area contributed by atoms with Crippen molar-refractivity contribution < 1.29 is 0 Å². The summed E-state index contributed by atoms with van der Waals surface area (Å²) in [5, 5.41) is 11.1. The van der Waals surface area contributed by atoms with E-state index >= 15 is 0 Å². The average molecular weight is 466 g/mol. The third-order valence-corrected chi connectivity index (χ3v) is 5.79. The van der Waals surface area contributed by atoms with E-state index in [1.54, 1.807) is 0 Å². The second-order valence-corrected chi connectivity index (χ2v) is 8.69. The summed E-state index contributed by atoms with van der Waals surface area (Å²) in [6.07, 6.45) is 2.82. The number of nitrogens with one attached hydrogen (secondary N) is 3. The first-order chi connectivity index (χ1) is 16.2. The molecular formula is C27H36ClN5. The molecule has 0 bridgehead atoms. The van der Waals surface area contributed by atoms with Crippen LogP contribution in [0.1, 0.15) is 22.4 Å². The van der Waals surface area contributed by atoms with Crippen LogP contribution in [0.3, 0.4) is 0 Å². The van der Waals surface area contributed by atoms with Gasteiger partial charge >= 0.3 is 0 Å². The molecule has 176 valence electrons. The summed E-state index contributed by atoms with van der Waals surface area (Å²) >= 11 is 6.06. The summed E-state index contributed by atoms with van der Waals surface area (Å²) in [5.74, 6) is 0. The molecule has 3 rings (SSSR count). The van der Waals surface area contributed by atoms with Crippen LogP contribution in [0.25, 0.3) is 0 Å². The van der Waals surface area contributed by atoms with Crippen LogP contribution in [0.5, 0.6) is 0 Å². The van der Waals surface area contributed by atoms with Crippen molar-refractivity contribution in [2.75, 3.05) is 39.8 Å². The number of hydrogen-bond donors (Lipinski definition) is 3. The van der Waals surface area contributed by atoms with Crippen LogP contribution in [-0.2, 0) is 26.1 Å². The van der Waals surface area contributed by atoms with Crippen LogP contribution in [0.15, 0.2) is 72.9 Å². The number of halogens is 1. The molecule has 5 nitrogen and oxygen atoms in total. The lowest BCUT2D eigenvalue weighted by molar-refractivity contribution is 0.266. The molecule has 33 heavy (non-hydrogen) atoms. The van der Waals surface area contributed by atoms with E-state index in [0.29, 0.717) is 0 Å². The zero-order chi connectivity index (χ0) is 23.1. The van der Waals surface area contributed by atoms with Gasteiger partial charge in [0.15, 0.2) is 0 Å². The molecule has 1 aromatic heterocycles. The molecule has 0 aliphatic heterocycles. The highest BCUT2D eigenvalue weighted by molar-refractivity contribution is 6.30. The second-order valence-electron chi connectivity index (χ2n) is 8.25. The maximum absolute atomic E-state index is 6.06. The summed E-state index contributed by atoms with van der Waals surface area (Å²) in [7, 11) is 2.01. The summed E-state index contributed by atoms with van der Waals surface area (Å²) in [6, 6.07) is 23.1. The van der Waals surface area contributed by atoms with Gasteiger partial charge in [0.05, 0.1) is 5.69 Å². The highest BCUT2D eigenvalue weighted by atomic mass is 35.5. The summed E-state index contributed by atoms with van der Waals surface area (Å²) in [4.78, 5) is 6.86. The fourth-order valence-corrected chi connectivity index (χ4v) is 3.89. The first-order valence-corrected chi connectivity index (χ1v) is 12.1. The van der Waals surface area contributed by atoms with E-state index in [-0.39, 0.29) is 0 Å². The van der Waals surface area contributed by atoms with E-state index in [9.17, 15) is 0 Å². The summed E-state index contributed by atoms with van der Waals surface area (Å²) < 4.78 is 0. The Morgan fingerprint density at radius 2 is 1.58 bits per heavy atom. The second kappa shape index (κ2) is 14.8. The number of likely N-dealkylation sites (N-methyl/N-ethyl adjacent to an activating group) is 1. The van der Waals surface area contributed by atoms with Crippen LogP contribution in [0, 0.1) is 0 Å². The minimum atomic E-state index is 0.802. The smallest absolute Gasteiger partial charge is 0.0541 e. The molecule has 6 heteroatoms. The molecule has 0 unspecified atom stereocenters. The van der Waals surface area contributed by atoms with Gasteiger partial charge in [-0.3, -0.25) is 9.88 Å². The zero-order valence-electron chi connectivity index (χ0n) is 19.6. The number of hydrogen-bond acceptors (Lipinski definition) is 5. The predicted molar refractivity (Wildman–Crippen MR) is 138 cm³/mol. The van der Waals surface area contributed by atoms with Gasteiger partial charge in [0.1, 0.15) is 0 Å². The minimum Gasteiger partial charge on any atom is -0.318 e. The third-order valence-electron chi connectivity index (χ3n) is 5.55. The third kappa shape index (κ3) is 10.0. The van der Waals surface area contributed by atoms with Crippen LogP contribution in [-0.4, -0.2) is 49.7 Å². The van der Waals surface area contributed by atoms with Crippen molar-refractivity contribution in [3.8, 4) is 0 Å². The Hall–Kier alpha value is -2.28. The van der Waals surface area contributed by atoms with Crippen molar-refractivity contribution in [2.45, 2.75) is 26.1 Å². The molecule has 3 aromatic rings. The van der Waals surface area contributed by atoms with Crippen LogP contribution >= 0.6 is 11.6 Å². The van der Waals surface area contributed by atoms with E-state index in [0.717, 1.165) is 69.5 Å². The highest BCUT2D eigenvalue weighted by Gasteiger charge is 2.06. The Labute approximate surface area is 203 Å². The van der Waals surface area contributed by atoms with Gasteiger partial charge in [-0.25, -0.2) is 0 Å². The Morgan fingerprint density at radius 1 is 0.788 bits per heavy atom. The van der Waals surface area contributed by atoms with Crippen molar-refractivity contribution >= 4 is 11.6 Å². The molecule has 0 amide bonds. The van der Waals surface area contributed by atoms with Gasteiger partial charge in [-0.15, -0.1) is 0 Å². The Kier molecular flexibility index (Phi) is 11.4. The van der Waals surface area contributed by atoms with Crippen molar-refractivity contribution in [1.29, 1.82) is 0 Å². The van der Waals surface area contributed by atoms with Gasteiger partial charge < -0.3 is 16.0 Å². The van der Waals surface area contributed by atoms with Gasteiger partial charge in [-0.1, -0.05) is 54.1 Å². The fourth-order valence-electron chi connectivity index (χ4n) is 3.67. The van der Waals surface area contributed by atoms with Crippen LogP contribution < -0.4 is 16.0 Å². The standard InChI is InChI=1S/C27H36ClN5/c1-29-15-17-33(18-16-31-21-27-7-2-3-13-32-27)22-25-10-8-24(9-11-25)20-30-14-12-23-5-4-6-26(28)19-23/h2-11,13,19,29-31H,12,14-18,20-22H2,1H3. The highest BCUT2D eigenvalue weighted by Crippen LogP contribution is 2.11. The Morgan fingerprint density at radius 3 is 2.33 bits per heavy atom. The molecule has 3 N–H and O–H groups in total. The number of benzene rings is 2. The minimum absolute atomic E-state index is 0.802. The molecule has 2 aromatic carbocycles. The van der Waals surface area contributed by atoms with E-state index in [1.807, 2.05) is 43.6 Å². The summed E-state index contributed by atoms with van der Waals surface area (Å²) in [6.45, 7) is 7.52. The monoisotopic (exact) mass is 465 g/mol. The number of pyridine rings is 1. The van der Waals surface area contributed by atoms with E-state index in [4.69, 9.17) is 11.6 Å². The van der Waals surface area contributed by atoms with Crippen molar-refractivity contribution in [2.24, 2.45) is 0 Å². The van der Waals surface area contributed by atoms with Gasteiger partial charge in [0.2, 0.25) is 0 Å². The number of aromatic nitrogens is 1. The molecular weight excluding hydrogens is 430 g/mol. The van der Waals surface area contributed by atoms with Gasteiger partial charge in [0.25, 0.3) is 0 Å². The predicted octanol–water partition coefficient (Wildman–Crippen LogP) is 3.88. The van der Waals surface area contributed by atoms with Crippen molar-refractivity contribution in [3.05, 3.63) is 100 Å². The Bertz CT molecular complexity index is 917. The SMILES string of the molecule is CNCCN(CCNCc1ccccn1)Cc1ccc(CNCCc2cccc(Cl)c2)cc1. The largest absolute Gasteiger partial charge is 0.318 e. The molecule has 0 saturated carbocycles. The lowest BCUT2D eigenvalue weighted by atomic mass is 10.1. The normalized spacial score (nSPS) is 11.2. The molecule has 1 heterocycles. The summed E-state index contributed by atoms with van der Waals surface area (Å²) in [5.41, 5.74) is 5.00. The fraction of sp³-hybridized carbons (Fsp3) is 0.370. The van der Waals surface area contributed by atoms with E-state index in [1.165, 1.54) is 16.7 Å². The Balaban J connectivity index is 1.39. The molecule has 0 aliphatic carbocycles. The maximum Gasteiger partial charge on any atom is 0.0541 e. The average Bonchev–Trinajstić information content (AvgIpc) is 2.84. The van der Waals surface area contributed by atoms with E-state index in [2.05, 4.69) is 62.2 Å². The maximum atomic E-state index is 6.06. The zero-order valence-corrected chi connectivity index (χ0v) is 20.3. The lowest BCUT2D eigenvalue weighted by Crippen LogP contribution is -2.35. The molecule has 0 spiro atoms.